The molecule has 7 heteroatoms. The molecule has 2 fully saturated rings. The van der Waals surface area contributed by atoms with Crippen LogP contribution in [0.4, 0.5) is 0 Å². The molecule has 2 saturated heterocycles. The first-order chi connectivity index (χ1) is 11.1. The van der Waals surface area contributed by atoms with Crippen LogP contribution in [0.5, 0.6) is 0 Å². The number of carbonyl (C=O) groups is 3. The summed E-state index contributed by atoms with van der Waals surface area (Å²) in [7, 11) is 0. The van der Waals surface area contributed by atoms with Gasteiger partial charge in [-0.2, -0.15) is 0 Å². The van der Waals surface area contributed by atoms with Gasteiger partial charge in [-0.1, -0.05) is 6.07 Å². The number of hydrogen-bond donors (Lipinski definition) is 1. The highest BCUT2D eigenvalue weighted by Crippen LogP contribution is 2.26. The van der Waals surface area contributed by atoms with Crippen LogP contribution in [0.2, 0.25) is 0 Å². The van der Waals surface area contributed by atoms with E-state index in [2.05, 4.69) is 4.98 Å². The minimum Gasteiger partial charge on any atom is -0.480 e. The van der Waals surface area contributed by atoms with Crippen molar-refractivity contribution in [2.24, 2.45) is 5.92 Å². The van der Waals surface area contributed by atoms with Gasteiger partial charge in [0.15, 0.2) is 0 Å². The Morgan fingerprint density at radius 2 is 2.17 bits per heavy atom. The van der Waals surface area contributed by atoms with E-state index in [1.807, 2.05) is 12.1 Å². The Morgan fingerprint density at radius 1 is 1.35 bits per heavy atom. The molecule has 0 radical (unpaired) electrons. The van der Waals surface area contributed by atoms with Crippen LogP contribution in [0, 0.1) is 5.92 Å². The maximum Gasteiger partial charge on any atom is 0.326 e. The standard InChI is InChI=1S/C16H19N3O4/c20-14-8-11(9-18(14)10-12-4-1-2-6-17-12)15(21)19-7-3-5-13(19)16(22)23/h1-2,4,6,11,13H,3,5,7-10H2,(H,22,23)/t11-,13+/m0/s1. The van der Waals surface area contributed by atoms with Crippen molar-refractivity contribution in [1.82, 2.24) is 14.8 Å². The zero-order chi connectivity index (χ0) is 16.4. The van der Waals surface area contributed by atoms with Crippen LogP contribution in [-0.4, -0.2) is 56.8 Å². The van der Waals surface area contributed by atoms with Gasteiger partial charge in [-0.25, -0.2) is 4.79 Å². The van der Waals surface area contributed by atoms with E-state index in [0.717, 1.165) is 5.69 Å². The lowest BCUT2D eigenvalue weighted by Gasteiger charge is -2.24. The Hall–Kier alpha value is -2.44. The molecule has 2 aliphatic heterocycles. The van der Waals surface area contributed by atoms with E-state index in [9.17, 15) is 19.5 Å². The third-order valence-electron chi connectivity index (χ3n) is 4.46. The molecular weight excluding hydrogens is 298 g/mol. The smallest absolute Gasteiger partial charge is 0.326 e. The number of aromatic nitrogens is 1. The highest BCUT2D eigenvalue weighted by atomic mass is 16.4. The van der Waals surface area contributed by atoms with Crippen LogP contribution in [-0.2, 0) is 20.9 Å². The molecule has 0 aliphatic carbocycles. The van der Waals surface area contributed by atoms with E-state index in [0.29, 0.717) is 32.5 Å². The van der Waals surface area contributed by atoms with Crippen molar-refractivity contribution in [2.45, 2.75) is 31.8 Å². The summed E-state index contributed by atoms with van der Waals surface area (Å²) in [4.78, 5) is 43.2. The molecule has 0 saturated carbocycles. The molecule has 0 unspecified atom stereocenters. The third-order valence-corrected chi connectivity index (χ3v) is 4.46. The first-order valence-corrected chi connectivity index (χ1v) is 7.77. The Bertz CT molecular complexity index is 619. The summed E-state index contributed by atoms with van der Waals surface area (Å²) in [5.41, 5.74) is 0.776. The van der Waals surface area contributed by atoms with Gasteiger partial charge >= 0.3 is 5.97 Å². The number of pyridine rings is 1. The van der Waals surface area contributed by atoms with Gasteiger partial charge in [0.05, 0.1) is 18.2 Å². The zero-order valence-corrected chi connectivity index (χ0v) is 12.7. The molecule has 0 bridgehead atoms. The number of carbonyl (C=O) groups excluding carboxylic acids is 2. The van der Waals surface area contributed by atoms with Crippen LogP contribution in [0.15, 0.2) is 24.4 Å². The predicted octanol–water partition coefficient (Wildman–Crippen LogP) is 0.506. The molecule has 0 aromatic carbocycles. The van der Waals surface area contributed by atoms with Crippen molar-refractivity contribution in [3.8, 4) is 0 Å². The number of nitrogens with zero attached hydrogens (tertiary/aromatic N) is 3. The van der Waals surface area contributed by atoms with Crippen molar-refractivity contribution < 1.29 is 19.5 Å². The van der Waals surface area contributed by atoms with Gasteiger partial charge < -0.3 is 14.9 Å². The van der Waals surface area contributed by atoms with Crippen molar-refractivity contribution in [3.05, 3.63) is 30.1 Å². The lowest BCUT2D eigenvalue weighted by atomic mass is 10.1. The lowest BCUT2D eigenvalue weighted by molar-refractivity contribution is -0.149. The molecule has 23 heavy (non-hydrogen) atoms. The van der Waals surface area contributed by atoms with Crippen LogP contribution in [0.1, 0.15) is 25.0 Å². The summed E-state index contributed by atoms with van der Waals surface area (Å²) in [5, 5.41) is 9.19. The molecule has 1 N–H and O–H groups in total. The molecule has 0 spiro atoms. The number of carboxylic acid groups (broad SMARTS) is 1. The van der Waals surface area contributed by atoms with Crippen LogP contribution in [0.3, 0.4) is 0 Å². The monoisotopic (exact) mass is 317 g/mol. The molecule has 1 aromatic rings. The van der Waals surface area contributed by atoms with Crippen LogP contribution in [0.25, 0.3) is 0 Å². The van der Waals surface area contributed by atoms with E-state index >= 15 is 0 Å². The summed E-state index contributed by atoms with van der Waals surface area (Å²) in [6, 6.07) is 4.75. The molecular formula is C16H19N3O4. The number of carboxylic acids is 1. The topological polar surface area (TPSA) is 90.8 Å². The fourth-order valence-electron chi connectivity index (χ4n) is 3.30. The van der Waals surface area contributed by atoms with Gasteiger partial charge in [-0.3, -0.25) is 14.6 Å². The predicted molar refractivity (Wildman–Crippen MR) is 80.1 cm³/mol. The SMILES string of the molecule is O=C(O)[C@H]1CCCN1C(=O)[C@H]1CC(=O)N(Cc2ccccn2)C1. The second-order valence-electron chi connectivity index (χ2n) is 6.02. The second kappa shape index (κ2) is 6.36. The van der Waals surface area contributed by atoms with Crippen LogP contribution >= 0.6 is 0 Å². The van der Waals surface area contributed by atoms with Gasteiger partial charge in [-0.15, -0.1) is 0 Å². The fourth-order valence-corrected chi connectivity index (χ4v) is 3.30. The molecule has 2 amide bonds. The summed E-state index contributed by atoms with van der Waals surface area (Å²) in [5.74, 6) is -1.72. The zero-order valence-electron chi connectivity index (χ0n) is 12.7. The minimum absolute atomic E-state index is 0.0833. The average molecular weight is 317 g/mol. The van der Waals surface area contributed by atoms with Gasteiger partial charge in [0.1, 0.15) is 6.04 Å². The Kier molecular flexibility index (Phi) is 4.27. The number of aliphatic carboxylic acids is 1. The molecule has 122 valence electrons. The number of amides is 2. The first-order valence-electron chi connectivity index (χ1n) is 7.77. The molecule has 2 aliphatic rings. The van der Waals surface area contributed by atoms with E-state index in [1.54, 1.807) is 17.2 Å². The first kappa shape index (κ1) is 15.5. The molecule has 7 nitrogen and oxygen atoms in total. The van der Waals surface area contributed by atoms with Gasteiger partial charge in [0, 0.05) is 25.7 Å². The maximum atomic E-state index is 12.6. The molecule has 2 atom stereocenters. The van der Waals surface area contributed by atoms with E-state index in [4.69, 9.17) is 0 Å². The molecule has 3 heterocycles. The molecule has 1 aromatic heterocycles. The highest BCUT2D eigenvalue weighted by molar-refractivity contribution is 5.91. The van der Waals surface area contributed by atoms with Gasteiger partial charge in [-0.05, 0) is 25.0 Å². The molecule has 3 rings (SSSR count). The summed E-state index contributed by atoms with van der Waals surface area (Å²) in [6.07, 6.45) is 3.00. The maximum absolute atomic E-state index is 12.6. The fraction of sp³-hybridized carbons (Fsp3) is 0.500. The lowest BCUT2D eigenvalue weighted by Crippen LogP contribution is -2.44. The quantitative estimate of drug-likeness (QED) is 0.873. The Balaban J connectivity index is 1.65. The van der Waals surface area contributed by atoms with E-state index in [1.165, 1.54) is 4.90 Å². The number of hydrogen-bond acceptors (Lipinski definition) is 4. The Labute approximate surface area is 133 Å². The average Bonchev–Trinajstić information content (AvgIpc) is 3.15. The van der Waals surface area contributed by atoms with E-state index < -0.39 is 17.9 Å². The van der Waals surface area contributed by atoms with Crippen molar-refractivity contribution >= 4 is 17.8 Å². The number of rotatable bonds is 4. The summed E-state index contributed by atoms with van der Waals surface area (Å²) >= 11 is 0. The van der Waals surface area contributed by atoms with Crippen molar-refractivity contribution in [3.63, 3.8) is 0 Å². The van der Waals surface area contributed by atoms with E-state index in [-0.39, 0.29) is 18.2 Å². The second-order valence-corrected chi connectivity index (χ2v) is 6.02. The van der Waals surface area contributed by atoms with Crippen molar-refractivity contribution in [2.75, 3.05) is 13.1 Å². The minimum atomic E-state index is -0.967. The largest absolute Gasteiger partial charge is 0.480 e. The Morgan fingerprint density at radius 3 is 2.87 bits per heavy atom. The normalized spacial score (nSPS) is 24.3. The summed E-state index contributed by atoms with van der Waals surface area (Å²) < 4.78 is 0. The summed E-state index contributed by atoms with van der Waals surface area (Å²) in [6.45, 7) is 1.17. The van der Waals surface area contributed by atoms with Gasteiger partial charge in [0.2, 0.25) is 11.8 Å². The van der Waals surface area contributed by atoms with Crippen LogP contribution < -0.4 is 0 Å². The highest BCUT2D eigenvalue weighted by Gasteiger charge is 2.41. The number of likely N-dealkylation sites (tertiary alicyclic amines) is 2. The third kappa shape index (κ3) is 3.18. The van der Waals surface area contributed by atoms with Gasteiger partial charge in [0.25, 0.3) is 0 Å². The van der Waals surface area contributed by atoms with Crippen molar-refractivity contribution in [1.29, 1.82) is 0 Å².